The molecule has 2 aromatic rings. The van der Waals surface area contributed by atoms with Crippen LogP contribution in [0.2, 0.25) is 0 Å². The second-order valence-electron chi connectivity index (χ2n) is 6.16. The Hall–Kier alpha value is -2.10. The maximum absolute atomic E-state index is 5.95. The van der Waals surface area contributed by atoms with Crippen molar-refractivity contribution in [3.8, 4) is 5.75 Å². The molecule has 4 nitrogen and oxygen atoms in total. The van der Waals surface area contributed by atoms with Crippen LogP contribution in [0.1, 0.15) is 44.5 Å². The van der Waals surface area contributed by atoms with E-state index in [4.69, 9.17) is 10.5 Å². The molecule has 2 N–H and O–H groups in total. The van der Waals surface area contributed by atoms with Gasteiger partial charge >= 0.3 is 0 Å². The number of nitrogens with zero attached hydrogens (tertiary/aromatic N) is 2. The van der Waals surface area contributed by atoms with Crippen LogP contribution in [0.5, 0.6) is 5.75 Å². The minimum Gasteiger partial charge on any atom is -0.487 e. The quantitative estimate of drug-likeness (QED) is 0.934. The maximum Gasteiger partial charge on any atom is 0.141 e. The van der Waals surface area contributed by atoms with Gasteiger partial charge in [0.25, 0.3) is 0 Å². The minimum atomic E-state index is 0.0350. The zero-order valence-corrected chi connectivity index (χ0v) is 13.2. The lowest BCUT2D eigenvalue weighted by Gasteiger charge is -2.23. The molecule has 0 unspecified atom stereocenters. The van der Waals surface area contributed by atoms with Gasteiger partial charge in [-0.2, -0.15) is 0 Å². The largest absolute Gasteiger partial charge is 0.487 e. The lowest BCUT2D eigenvalue weighted by molar-refractivity contribution is 0.292. The SMILES string of the molecule is CCc1ccc(OCc2cnc(N)cn2)c(C(C)(C)C)c1. The molecule has 2 rings (SSSR count). The number of rotatable bonds is 4. The number of benzene rings is 1. The molecule has 112 valence electrons. The Morgan fingerprint density at radius 3 is 2.48 bits per heavy atom. The van der Waals surface area contributed by atoms with Crippen molar-refractivity contribution < 1.29 is 4.74 Å². The summed E-state index contributed by atoms with van der Waals surface area (Å²) < 4.78 is 5.95. The van der Waals surface area contributed by atoms with Crippen molar-refractivity contribution in [1.82, 2.24) is 9.97 Å². The predicted molar refractivity (Wildman–Crippen MR) is 85.3 cm³/mol. The topological polar surface area (TPSA) is 61.0 Å². The van der Waals surface area contributed by atoms with E-state index < -0.39 is 0 Å². The second-order valence-corrected chi connectivity index (χ2v) is 6.16. The van der Waals surface area contributed by atoms with E-state index in [1.807, 2.05) is 6.07 Å². The molecule has 0 aliphatic carbocycles. The summed E-state index contributed by atoms with van der Waals surface area (Å²) in [5.41, 5.74) is 8.87. The molecule has 1 aromatic carbocycles. The number of aryl methyl sites for hydroxylation is 1. The summed E-state index contributed by atoms with van der Waals surface area (Å²) in [5.74, 6) is 1.32. The highest BCUT2D eigenvalue weighted by Crippen LogP contribution is 2.32. The fourth-order valence-electron chi connectivity index (χ4n) is 2.10. The van der Waals surface area contributed by atoms with Crippen LogP contribution < -0.4 is 10.5 Å². The number of nitrogens with two attached hydrogens (primary N) is 1. The summed E-state index contributed by atoms with van der Waals surface area (Å²) in [6.07, 6.45) is 4.21. The highest BCUT2D eigenvalue weighted by molar-refractivity contribution is 5.41. The molecular formula is C17H23N3O. The molecule has 0 atom stereocenters. The van der Waals surface area contributed by atoms with E-state index in [1.54, 1.807) is 12.4 Å². The zero-order chi connectivity index (χ0) is 15.5. The van der Waals surface area contributed by atoms with Crippen LogP contribution in [-0.2, 0) is 18.4 Å². The lowest BCUT2D eigenvalue weighted by Crippen LogP contribution is -2.14. The fourth-order valence-corrected chi connectivity index (χ4v) is 2.10. The third-order valence-electron chi connectivity index (χ3n) is 3.36. The zero-order valence-electron chi connectivity index (χ0n) is 13.2. The first-order chi connectivity index (χ1) is 9.90. The van der Waals surface area contributed by atoms with Gasteiger partial charge in [-0.15, -0.1) is 0 Å². The molecule has 0 radical (unpaired) electrons. The van der Waals surface area contributed by atoms with Gasteiger partial charge in [0.15, 0.2) is 0 Å². The van der Waals surface area contributed by atoms with Crippen molar-refractivity contribution in [3.63, 3.8) is 0 Å². The van der Waals surface area contributed by atoms with Crippen molar-refractivity contribution >= 4 is 5.82 Å². The van der Waals surface area contributed by atoms with Gasteiger partial charge in [0.05, 0.1) is 18.1 Å². The molecular weight excluding hydrogens is 262 g/mol. The van der Waals surface area contributed by atoms with Gasteiger partial charge in [0, 0.05) is 0 Å². The van der Waals surface area contributed by atoms with Gasteiger partial charge < -0.3 is 10.5 Å². The lowest BCUT2D eigenvalue weighted by atomic mass is 9.85. The Kier molecular flexibility index (Phi) is 4.46. The van der Waals surface area contributed by atoms with Crippen LogP contribution in [0.3, 0.4) is 0 Å². The van der Waals surface area contributed by atoms with Gasteiger partial charge in [-0.05, 0) is 29.0 Å². The number of ether oxygens (including phenoxy) is 1. The molecule has 0 aliphatic heterocycles. The summed E-state index contributed by atoms with van der Waals surface area (Å²) >= 11 is 0. The van der Waals surface area contributed by atoms with E-state index in [0.717, 1.165) is 17.9 Å². The Balaban J connectivity index is 2.21. The third-order valence-corrected chi connectivity index (χ3v) is 3.36. The molecule has 0 fully saturated rings. The first-order valence-corrected chi connectivity index (χ1v) is 7.22. The van der Waals surface area contributed by atoms with Crippen LogP contribution in [0.4, 0.5) is 5.82 Å². The van der Waals surface area contributed by atoms with Crippen molar-refractivity contribution in [3.05, 3.63) is 47.4 Å². The highest BCUT2D eigenvalue weighted by Gasteiger charge is 2.19. The summed E-state index contributed by atoms with van der Waals surface area (Å²) in [5, 5.41) is 0. The maximum atomic E-state index is 5.95. The smallest absolute Gasteiger partial charge is 0.141 e. The van der Waals surface area contributed by atoms with Crippen molar-refractivity contribution in [1.29, 1.82) is 0 Å². The molecule has 0 aliphatic rings. The van der Waals surface area contributed by atoms with Gasteiger partial charge in [0.1, 0.15) is 18.2 Å². The molecule has 1 heterocycles. The normalized spacial score (nSPS) is 11.4. The highest BCUT2D eigenvalue weighted by atomic mass is 16.5. The van der Waals surface area contributed by atoms with Gasteiger partial charge in [-0.25, -0.2) is 4.98 Å². The van der Waals surface area contributed by atoms with E-state index in [0.29, 0.717) is 12.4 Å². The number of aromatic nitrogens is 2. The Morgan fingerprint density at radius 1 is 1.14 bits per heavy atom. The summed E-state index contributed by atoms with van der Waals surface area (Å²) in [6.45, 7) is 9.13. The summed E-state index contributed by atoms with van der Waals surface area (Å²) in [4.78, 5) is 8.23. The van der Waals surface area contributed by atoms with Crippen molar-refractivity contribution in [2.24, 2.45) is 0 Å². The van der Waals surface area contributed by atoms with Crippen molar-refractivity contribution in [2.75, 3.05) is 5.73 Å². The monoisotopic (exact) mass is 285 g/mol. The molecule has 21 heavy (non-hydrogen) atoms. The first-order valence-electron chi connectivity index (χ1n) is 7.22. The van der Waals surface area contributed by atoms with Crippen LogP contribution >= 0.6 is 0 Å². The van der Waals surface area contributed by atoms with Gasteiger partial charge in [-0.3, -0.25) is 4.98 Å². The number of nitrogen functional groups attached to an aromatic ring is 1. The van der Waals surface area contributed by atoms with Crippen molar-refractivity contribution in [2.45, 2.75) is 46.1 Å². The van der Waals surface area contributed by atoms with Gasteiger partial charge in [0.2, 0.25) is 0 Å². The Bertz CT molecular complexity index is 600. The molecule has 1 aromatic heterocycles. The van der Waals surface area contributed by atoms with E-state index in [2.05, 4.69) is 49.8 Å². The number of hydrogen-bond donors (Lipinski definition) is 1. The minimum absolute atomic E-state index is 0.0350. The predicted octanol–water partition coefficient (Wildman–Crippen LogP) is 3.50. The van der Waals surface area contributed by atoms with Crippen LogP contribution in [-0.4, -0.2) is 9.97 Å². The summed E-state index contributed by atoms with van der Waals surface area (Å²) in [6, 6.07) is 6.38. The Labute approximate surface area is 126 Å². The standard InChI is InChI=1S/C17H23N3O/c1-5-12-6-7-15(14(8-12)17(2,3)4)21-11-13-9-20-16(18)10-19-13/h6-10H,5,11H2,1-4H3,(H2,18,20). The van der Waals surface area contributed by atoms with E-state index >= 15 is 0 Å². The first kappa shape index (κ1) is 15.3. The van der Waals surface area contributed by atoms with Crippen LogP contribution in [0.15, 0.2) is 30.6 Å². The number of hydrogen-bond acceptors (Lipinski definition) is 4. The fraction of sp³-hybridized carbons (Fsp3) is 0.412. The van der Waals surface area contributed by atoms with Crippen LogP contribution in [0.25, 0.3) is 0 Å². The second kappa shape index (κ2) is 6.12. The molecule has 0 saturated carbocycles. The number of anilines is 1. The van der Waals surface area contributed by atoms with Gasteiger partial charge in [-0.1, -0.05) is 39.8 Å². The third kappa shape index (κ3) is 3.94. The molecule has 0 spiro atoms. The Morgan fingerprint density at radius 2 is 1.90 bits per heavy atom. The molecule has 4 heteroatoms. The van der Waals surface area contributed by atoms with Crippen LogP contribution in [0, 0.1) is 0 Å². The summed E-state index contributed by atoms with van der Waals surface area (Å²) in [7, 11) is 0. The van der Waals surface area contributed by atoms with E-state index in [1.165, 1.54) is 11.1 Å². The molecule has 0 bridgehead atoms. The average Bonchev–Trinajstić information content (AvgIpc) is 2.45. The van der Waals surface area contributed by atoms with E-state index in [9.17, 15) is 0 Å². The van der Waals surface area contributed by atoms with E-state index in [-0.39, 0.29) is 5.41 Å². The molecule has 0 saturated heterocycles. The molecule has 0 amide bonds. The average molecular weight is 285 g/mol.